The summed E-state index contributed by atoms with van der Waals surface area (Å²) in [5, 5.41) is 0.115. The minimum Gasteiger partial charge on any atom is -0.314 e. The lowest BCUT2D eigenvalue weighted by atomic mass is 9.75. The van der Waals surface area contributed by atoms with Crippen molar-refractivity contribution in [2.45, 2.75) is 18.0 Å². The second-order valence-electron chi connectivity index (χ2n) is 5.73. The maximum atomic E-state index is 14.1. The van der Waals surface area contributed by atoms with Gasteiger partial charge in [0, 0.05) is 23.3 Å². The number of rotatable bonds is 2. The molecule has 126 valence electrons. The Hall–Kier alpha value is -2.08. The van der Waals surface area contributed by atoms with Gasteiger partial charge in [-0.25, -0.2) is 4.39 Å². The molecule has 0 aliphatic carbocycles. The zero-order valence-corrected chi connectivity index (χ0v) is 13.2. The number of halogens is 5. The first-order valence-electron chi connectivity index (χ1n) is 7.06. The molecule has 7 heteroatoms. The van der Waals surface area contributed by atoms with Crippen LogP contribution >= 0.6 is 11.6 Å². The predicted molar refractivity (Wildman–Crippen MR) is 82.7 cm³/mol. The Morgan fingerprint density at radius 3 is 2.33 bits per heavy atom. The van der Waals surface area contributed by atoms with Crippen LogP contribution in [0.4, 0.5) is 23.2 Å². The fourth-order valence-corrected chi connectivity index (χ4v) is 3.28. The van der Waals surface area contributed by atoms with Crippen molar-refractivity contribution in [3.63, 3.8) is 0 Å². The Bertz CT molecular complexity index is 803. The Labute approximate surface area is 140 Å². The summed E-state index contributed by atoms with van der Waals surface area (Å²) >= 11 is 5.87. The average Bonchev–Trinajstić information content (AvgIpc) is 2.71. The second-order valence-corrected chi connectivity index (χ2v) is 6.17. The quantitative estimate of drug-likeness (QED) is 0.725. The Morgan fingerprint density at radius 1 is 1.12 bits per heavy atom. The summed E-state index contributed by atoms with van der Waals surface area (Å²) in [4.78, 5) is 13.6. The van der Waals surface area contributed by atoms with E-state index in [1.165, 1.54) is 37.4 Å². The third-order valence-electron chi connectivity index (χ3n) is 4.32. The monoisotopic (exact) mass is 357 g/mol. The third-order valence-corrected chi connectivity index (χ3v) is 4.55. The normalized spacial score (nSPS) is 20.4. The number of amides is 1. The molecular weight excluding hydrogens is 346 g/mol. The first kappa shape index (κ1) is 16.8. The number of carbonyl (C=O) groups excluding carboxylic acids is 1. The van der Waals surface area contributed by atoms with Crippen LogP contribution in [-0.4, -0.2) is 19.1 Å². The summed E-state index contributed by atoms with van der Waals surface area (Å²) in [5.74, 6) is -1.63. The van der Waals surface area contributed by atoms with Crippen LogP contribution in [-0.2, 0) is 16.6 Å². The maximum Gasteiger partial charge on any atom is 0.407 e. The number of carbonyl (C=O) groups is 1. The van der Waals surface area contributed by atoms with Crippen molar-refractivity contribution in [2.75, 3.05) is 11.9 Å². The SMILES string of the molecule is CN1C(=O)C(Cc2ccc(F)cc2)(C(F)(F)F)c2cc(Cl)ccc21. The highest BCUT2D eigenvalue weighted by molar-refractivity contribution is 6.31. The van der Waals surface area contributed by atoms with Crippen molar-refractivity contribution in [3.8, 4) is 0 Å². The van der Waals surface area contributed by atoms with Crippen molar-refractivity contribution in [1.82, 2.24) is 0 Å². The molecule has 1 heterocycles. The minimum absolute atomic E-state index is 0.115. The zero-order valence-electron chi connectivity index (χ0n) is 12.5. The molecule has 0 fully saturated rings. The van der Waals surface area contributed by atoms with Crippen LogP contribution in [0.15, 0.2) is 42.5 Å². The highest BCUT2D eigenvalue weighted by Crippen LogP contribution is 2.53. The molecular formula is C17H12ClF4NO. The fourth-order valence-electron chi connectivity index (χ4n) is 3.11. The topological polar surface area (TPSA) is 20.3 Å². The molecule has 2 nitrogen and oxygen atoms in total. The third kappa shape index (κ3) is 2.36. The van der Waals surface area contributed by atoms with Crippen LogP contribution < -0.4 is 4.90 Å². The van der Waals surface area contributed by atoms with Gasteiger partial charge >= 0.3 is 6.18 Å². The van der Waals surface area contributed by atoms with Gasteiger partial charge in [-0.15, -0.1) is 0 Å². The first-order valence-corrected chi connectivity index (χ1v) is 7.44. The number of hydrogen-bond acceptors (Lipinski definition) is 1. The second kappa shape index (κ2) is 5.48. The summed E-state index contributed by atoms with van der Waals surface area (Å²) in [6.45, 7) is 0. The molecule has 0 N–H and O–H groups in total. The van der Waals surface area contributed by atoms with E-state index in [9.17, 15) is 22.4 Å². The van der Waals surface area contributed by atoms with E-state index < -0.39 is 29.7 Å². The number of anilines is 1. The largest absolute Gasteiger partial charge is 0.407 e. The van der Waals surface area contributed by atoms with Gasteiger partial charge in [-0.1, -0.05) is 23.7 Å². The molecule has 0 bridgehead atoms. The van der Waals surface area contributed by atoms with Crippen LogP contribution in [0.3, 0.4) is 0 Å². The highest BCUT2D eigenvalue weighted by atomic mass is 35.5. The van der Waals surface area contributed by atoms with Crippen molar-refractivity contribution in [1.29, 1.82) is 0 Å². The lowest BCUT2D eigenvalue weighted by molar-refractivity contribution is -0.191. The zero-order chi connectivity index (χ0) is 17.7. The number of benzene rings is 2. The molecule has 3 rings (SSSR count). The Morgan fingerprint density at radius 2 is 1.75 bits per heavy atom. The summed E-state index contributed by atoms with van der Waals surface area (Å²) in [5.41, 5.74) is -2.54. The van der Waals surface area contributed by atoms with E-state index >= 15 is 0 Å². The fraction of sp³-hybridized carbons (Fsp3) is 0.235. The van der Waals surface area contributed by atoms with Gasteiger partial charge in [-0.3, -0.25) is 4.79 Å². The van der Waals surface area contributed by atoms with Gasteiger partial charge in [0.25, 0.3) is 0 Å². The van der Waals surface area contributed by atoms with Gasteiger partial charge in [-0.05, 0) is 42.3 Å². The maximum absolute atomic E-state index is 14.1. The molecule has 1 aliphatic heterocycles. The van der Waals surface area contributed by atoms with E-state index in [4.69, 9.17) is 11.6 Å². The van der Waals surface area contributed by atoms with E-state index in [0.717, 1.165) is 17.0 Å². The molecule has 0 saturated heterocycles. The molecule has 2 aromatic rings. The minimum atomic E-state index is -4.83. The van der Waals surface area contributed by atoms with E-state index in [2.05, 4.69) is 0 Å². The van der Waals surface area contributed by atoms with E-state index in [1.807, 2.05) is 0 Å². The molecule has 1 atom stereocenters. The predicted octanol–water partition coefficient (Wildman–Crippen LogP) is 4.50. The van der Waals surface area contributed by atoms with Crippen molar-refractivity contribution in [3.05, 3.63) is 64.4 Å². The van der Waals surface area contributed by atoms with E-state index in [-0.39, 0.29) is 21.8 Å². The molecule has 0 radical (unpaired) electrons. The van der Waals surface area contributed by atoms with Gasteiger partial charge in [0.15, 0.2) is 5.41 Å². The number of nitrogens with zero attached hydrogens (tertiary/aromatic N) is 1. The first-order chi connectivity index (χ1) is 11.2. The number of hydrogen-bond donors (Lipinski definition) is 0. The van der Waals surface area contributed by atoms with Crippen LogP contribution in [0.5, 0.6) is 0 Å². The van der Waals surface area contributed by atoms with Crippen LogP contribution in [0.25, 0.3) is 0 Å². The molecule has 24 heavy (non-hydrogen) atoms. The summed E-state index contributed by atoms with van der Waals surface area (Å²) in [7, 11) is 1.30. The standard InChI is InChI=1S/C17H12ClF4NO/c1-23-14-7-4-11(18)8-13(14)16(15(23)24,17(20,21)22)9-10-2-5-12(19)6-3-10/h2-8H,9H2,1H3. The van der Waals surface area contributed by atoms with Gasteiger partial charge in [-0.2, -0.15) is 13.2 Å². The smallest absolute Gasteiger partial charge is 0.314 e. The van der Waals surface area contributed by atoms with Crippen molar-refractivity contribution >= 4 is 23.2 Å². The van der Waals surface area contributed by atoms with Crippen molar-refractivity contribution < 1.29 is 22.4 Å². The van der Waals surface area contributed by atoms with Crippen molar-refractivity contribution in [2.24, 2.45) is 0 Å². The molecule has 0 aromatic heterocycles. The average molecular weight is 358 g/mol. The molecule has 0 spiro atoms. The Balaban J connectivity index is 2.22. The van der Waals surface area contributed by atoms with Gasteiger partial charge in [0.2, 0.25) is 5.91 Å². The van der Waals surface area contributed by atoms with Gasteiger partial charge < -0.3 is 4.90 Å². The Kier molecular flexibility index (Phi) is 3.83. The molecule has 1 amide bonds. The summed E-state index contributed by atoms with van der Waals surface area (Å²) in [6.07, 6.45) is -5.45. The van der Waals surface area contributed by atoms with Crippen LogP contribution in [0.2, 0.25) is 5.02 Å². The number of fused-ring (bicyclic) bond motifs is 1. The van der Waals surface area contributed by atoms with Crippen LogP contribution in [0, 0.1) is 5.82 Å². The molecule has 0 saturated carbocycles. The van der Waals surface area contributed by atoms with E-state index in [0.29, 0.717) is 0 Å². The van der Waals surface area contributed by atoms with Crippen LogP contribution in [0.1, 0.15) is 11.1 Å². The number of likely N-dealkylation sites (N-methyl/N-ethyl adjacent to an activating group) is 1. The summed E-state index contributed by atoms with van der Waals surface area (Å²) < 4.78 is 55.2. The molecule has 1 unspecified atom stereocenters. The van der Waals surface area contributed by atoms with Gasteiger partial charge in [0.1, 0.15) is 5.82 Å². The lowest BCUT2D eigenvalue weighted by Gasteiger charge is -2.31. The highest BCUT2D eigenvalue weighted by Gasteiger charge is 2.66. The van der Waals surface area contributed by atoms with E-state index in [1.54, 1.807) is 0 Å². The summed E-state index contributed by atoms with van der Waals surface area (Å²) in [6, 6.07) is 8.65. The molecule has 1 aliphatic rings. The lowest BCUT2D eigenvalue weighted by Crippen LogP contribution is -2.51. The van der Waals surface area contributed by atoms with Gasteiger partial charge in [0.05, 0.1) is 0 Å². The number of alkyl halides is 3. The molecule has 2 aromatic carbocycles.